The Labute approximate surface area is 540 Å². The molecule has 0 amide bonds. The van der Waals surface area contributed by atoms with Crippen LogP contribution >= 0.6 is 0 Å². The number of para-hydroxylation sites is 1. The molecule has 0 radical (unpaired) electrons. The zero-order valence-electron chi connectivity index (χ0n) is 72.5. The first kappa shape index (κ1) is 32.8. The Balaban J connectivity index is 1.20. The van der Waals surface area contributed by atoms with E-state index in [4.69, 9.17) is 22.1 Å². The lowest BCUT2D eigenvalue weighted by molar-refractivity contribution is -0.570. The second-order valence-electron chi connectivity index (χ2n) is 22.8. The summed E-state index contributed by atoms with van der Waals surface area (Å²) in [5, 5.41) is -1.42. The van der Waals surface area contributed by atoms with Crippen molar-refractivity contribution in [1.82, 2.24) is 14.1 Å². The fourth-order valence-electron chi connectivity index (χ4n) is 11.3. The first-order chi connectivity index (χ1) is 52.2. The summed E-state index contributed by atoms with van der Waals surface area (Å²) in [7, 11) is -6.41. The van der Waals surface area contributed by atoms with Gasteiger partial charge in [0.2, 0.25) is 0 Å². The van der Waals surface area contributed by atoms with Crippen LogP contribution in [0.2, 0.25) is 0 Å². The Kier molecular flexibility index (Phi) is 8.31. The molecule has 0 atom stereocenters. The molecule has 0 unspecified atom stereocenters. The van der Waals surface area contributed by atoms with Gasteiger partial charge in [0.1, 0.15) is 17.3 Å². The van der Waals surface area contributed by atoms with E-state index >= 15 is 0 Å². The topological polar surface area (TPSA) is 35.9 Å². The van der Waals surface area contributed by atoms with E-state index in [0.29, 0.717) is 17.1 Å². The van der Waals surface area contributed by atoms with E-state index in [1.165, 1.54) is 39.5 Å². The molecule has 0 saturated heterocycles. The van der Waals surface area contributed by atoms with Crippen LogP contribution in [0.25, 0.3) is 83.4 Å². The Morgan fingerprint density at radius 3 is 1.69 bits per heavy atom. The molecule has 14 aromatic rings. The fourth-order valence-corrected chi connectivity index (χ4v) is 15.3. The SMILES string of the molecule is [2H]c1c([2H])c([2H])c(-c2cc(-c3cccc(C(C)(C)C)c3)c(-[n+]3[c-]n(-c4cccc(Oc5ccc6c7ccccc7n(-c7cc(C(C)(C)C)ccn7)c6c5)c4)c4cc(-c5c([2H])c([2H])c([2H])c([2H])c5[2H])ccc43)c([Si](c3c([2H])c([2H])c([2H])c([2H])c3[2H])(c3c([2H])c([2H])c([2H])c([2H])c3[2H])c3c([2H])c([2H])c([2H])c([2H])c3[2H])c2)c([2H])c1[2H]. The highest BCUT2D eigenvalue weighted by Crippen LogP contribution is 2.39. The van der Waals surface area contributed by atoms with Crippen LogP contribution in [0.4, 0.5) is 0 Å². The number of nitrogens with zero attached hydrogens (tertiary/aromatic N) is 4. The van der Waals surface area contributed by atoms with Crippen LogP contribution < -0.4 is 30.1 Å². The molecule has 6 heteroatoms. The van der Waals surface area contributed by atoms with Crippen LogP contribution in [-0.4, -0.2) is 22.2 Å². The highest BCUT2D eigenvalue weighted by molar-refractivity contribution is 7.20. The predicted octanol–water partition coefficient (Wildman–Crippen LogP) is 17.0. The lowest BCUT2D eigenvalue weighted by atomic mass is 9.85. The third-order valence-electron chi connectivity index (χ3n) is 15.4. The fraction of sp³-hybridized carbons (Fsp3) is 0.100. The van der Waals surface area contributed by atoms with Crippen LogP contribution in [0.5, 0.6) is 11.5 Å². The van der Waals surface area contributed by atoms with Crippen molar-refractivity contribution in [3.8, 4) is 62.1 Å². The number of aromatic nitrogens is 4. The van der Waals surface area contributed by atoms with Crippen molar-refractivity contribution >= 4 is 61.7 Å². The first-order valence-corrected chi connectivity index (χ1v) is 29.7. The molecule has 0 aliphatic carbocycles. The van der Waals surface area contributed by atoms with Crippen LogP contribution in [0.1, 0.15) is 86.9 Å². The number of hydrogen-bond donors (Lipinski definition) is 0. The molecule has 0 saturated carbocycles. The number of imidazole rings is 1. The van der Waals surface area contributed by atoms with Crippen molar-refractivity contribution in [2.45, 2.75) is 52.4 Å². The van der Waals surface area contributed by atoms with E-state index in [1.807, 2.05) is 81.4 Å². The van der Waals surface area contributed by atoms with Gasteiger partial charge in [0.25, 0.3) is 6.33 Å². The number of rotatable bonds is 12. The molecule has 11 aromatic carbocycles. The summed E-state index contributed by atoms with van der Waals surface area (Å²) in [5.41, 5.74) is 1.56. The third kappa shape index (κ3) is 9.72. The molecule has 14 rings (SSSR count). The van der Waals surface area contributed by atoms with Crippen molar-refractivity contribution in [1.29, 1.82) is 0 Å². The minimum atomic E-state index is -6.41. The van der Waals surface area contributed by atoms with Gasteiger partial charge in [0.05, 0.1) is 67.7 Å². The van der Waals surface area contributed by atoms with Gasteiger partial charge in [-0.15, -0.1) is 0 Å². The third-order valence-corrected chi connectivity index (χ3v) is 19.6. The van der Waals surface area contributed by atoms with E-state index in [0.717, 1.165) is 27.4 Å². The quantitative estimate of drug-likeness (QED) is 0.0529. The van der Waals surface area contributed by atoms with Gasteiger partial charge in [-0.1, -0.05) is 259 Å². The summed E-state index contributed by atoms with van der Waals surface area (Å²) in [6, 6.07) is 14.7. The lowest BCUT2D eigenvalue weighted by Crippen LogP contribution is -2.76. The minimum absolute atomic E-state index is 0.0379. The largest absolute Gasteiger partial charge is 0.458 e. The second-order valence-corrected chi connectivity index (χ2v) is 26.3. The maximum atomic E-state index is 10.3. The van der Waals surface area contributed by atoms with Crippen LogP contribution in [-0.2, 0) is 10.8 Å². The second kappa shape index (κ2) is 21.8. The summed E-state index contributed by atoms with van der Waals surface area (Å²) in [6.07, 6.45) is 5.26. The summed E-state index contributed by atoms with van der Waals surface area (Å²) in [5.74, 6) is 1.26. The zero-order valence-corrected chi connectivity index (χ0v) is 48.5. The number of fused-ring (bicyclic) bond motifs is 4. The molecular formula is C80H66N4OSi. The Morgan fingerprint density at radius 1 is 0.453 bits per heavy atom. The summed E-state index contributed by atoms with van der Waals surface area (Å²) in [4.78, 5) is 4.86. The molecule has 0 spiro atoms. The normalized spacial score (nSPS) is 16.1. The van der Waals surface area contributed by atoms with Crippen molar-refractivity contribution in [2.75, 3.05) is 0 Å². The first-order valence-electron chi connectivity index (χ1n) is 40.2. The van der Waals surface area contributed by atoms with Gasteiger partial charge in [-0.25, -0.2) is 4.98 Å². The monoisotopic (exact) mass is 1150 g/mol. The Bertz CT molecular complexity index is 6070. The number of hydrogen-bond acceptors (Lipinski definition) is 2. The van der Waals surface area contributed by atoms with E-state index in [9.17, 15) is 21.9 Å². The van der Waals surface area contributed by atoms with Crippen molar-refractivity contribution in [3.63, 3.8) is 0 Å². The summed E-state index contributed by atoms with van der Waals surface area (Å²) >= 11 is 0. The van der Waals surface area contributed by atoms with Gasteiger partial charge >= 0.3 is 0 Å². The molecule has 0 N–H and O–H groups in total. The smallest absolute Gasteiger partial charge is 0.269 e. The molecule has 0 fully saturated rings. The van der Waals surface area contributed by atoms with Gasteiger partial charge in [-0.3, -0.25) is 13.7 Å². The predicted molar refractivity (Wildman–Crippen MR) is 360 cm³/mol. The highest BCUT2D eigenvalue weighted by Gasteiger charge is 2.44. The summed E-state index contributed by atoms with van der Waals surface area (Å²) in [6.45, 7) is 12.1. The zero-order chi connectivity index (χ0) is 80.3. The Hall–Kier alpha value is -10.1. The van der Waals surface area contributed by atoms with Crippen LogP contribution in [0, 0.1) is 6.33 Å². The molecule has 86 heavy (non-hydrogen) atoms. The van der Waals surface area contributed by atoms with Crippen LogP contribution in [0.3, 0.4) is 0 Å². The minimum Gasteiger partial charge on any atom is -0.458 e. The van der Waals surface area contributed by atoms with Gasteiger partial charge in [-0.2, -0.15) is 0 Å². The van der Waals surface area contributed by atoms with E-state index in [2.05, 4.69) is 31.7 Å². The molecule has 3 heterocycles. The molecule has 416 valence electrons. The van der Waals surface area contributed by atoms with Crippen LogP contribution in [0.15, 0.2) is 291 Å². The van der Waals surface area contributed by atoms with Gasteiger partial charge in [0, 0.05) is 23.0 Å². The Morgan fingerprint density at radius 2 is 1.03 bits per heavy atom. The molecule has 3 aromatic heterocycles. The standard InChI is InChI=1S/C80H66N4OSi/c1-79(2,3)61-31-24-30-59(48-61)71-49-60(57-28-14-8-15-29-57)51-76(86(66-34-16-9-17-35-66,67-36-18-10-19-37-67)68-38-20-11-21-39-68)78(71)83-55-82(75-50-58(42-45-73(75)83)56-26-12-7-13-27-56)63-32-25-33-64(53-63)85-65-43-44-70-69-40-22-23-41-72(69)84(74(70)54-65)77-52-62(46-47-81-77)80(4,5)6/h7-54H,1-6H3/i7D,8D,9D,10D,11D,12D,13D,14D,15D,16D,17D,18D,19D,20D,21D,26D,27D,28D,29D,34D,35D,36D,37D,38D,39D. The van der Waals surface area contributed by atoms with Crippen molar-refractivity contribution in [2.24, 2.45) is 0 Å². The van der Waals surface area contributed by atoms with Gasteiger partial charge in [0.15, 0.2) is 8.07 Å². The number of ether oxygens (including phenoxy) is 1. The summed E-state index contributed by atoms with van der Waals surface area (Å²) < 4.78 is 249. The van der Waals surface area contributed by atoms with E-state index in [1.54, 1.807) is 48.7 Å². The molecule has 5 nitrogen and oxygen atoms in total. The molecular weight excluding hydrogens is 1060 g/mol. The maximum absolute atomic E-state index is 10.3. The maximum Gasteiger partial charge on any atom is 0.269 e. The van der Waals surface area contributed by atoms with Gasteiger partial charge < -0.3 is 4.74 Å². The average Bonchev–Trinajstić information content (AvgIpc) is 1.08. The van der Waals surface area contributed by atoms with E-state index < -0.39 is 191 Å². The van der Waals surface area contributed by atoms with Crippen molar-refractivity contribution in [3.05, 3.63) is 308 Å². The number of benzene rings is 11. The molecule has 0 bridgehead atoms. The molecule has 0 aliphatic heterocycles. The highest BCUT2D eigenvalue weighted by atomic mass is 28.3. The van der Waals surface area contributed by atoms with Gasteiger partial charge in [-0.05, 0) is 137 Å². The number of pyridine rings is 1. The lowest BCUT2D eigenvalue weighted by Gasteiger charge is -2.37. The average molecular weight is 1150 g/mol. The van der Waals surface area contributed by atoms with Crippen molar-refractivity contribution < 1.29 is 43.6 Å². The van der Waals surface area contributed by atoms with E-state index in [-0.39, 0.29) is 61.4 Å². The molecule has 0 aliphatic rings.